The molecule has 1 saturated heterocycles. The van der Waals surface area contributed by atoms with Gasteiger partial charge in [-0.25, -0.2) is 9.97 Å². The molecule has 1 aliphatic rings. The summed E-state index contributed by atoms with van der Waals surface area (Å²) in [5.41, 5.74) is 6.40. The topological polar surface area (TPSA) is 84.1 Å². The Kier molecular flexibility index (Phi) is 4.89. The van der Waals surface area contributed by atoms with Gasteiger partial charge >= 0.3 is 0 Å². The van der Waals surface area contributed by atoms with E-state index in [1.165, 1.54) is 19.0 Å². The monoisotopic (exact) mass is 277 g/mol. The van der Waals surface area contributed by atoms with Crippen LogP contribution in [-0.4, -0.2) is 47.0 Å². The Morgan fingerprint density at radius 3 is 2.80 bits per heavy atom. The van der Waals surface area contributed by atoms with E-state index >= 15 is 0 Å². The number of likely N-dealkylation sites (tertiary alicyclic amines) is 1. The molecule has 1 amide bonds. The number of hydrogen-bond donors (Lipinski definition) is 2. The molecule has 6 heteroatoms. The van der Waals surface area contributed by atoms with Gasteiger partial charge in [0.2, 0.25) is 0 Å². The van der Waals surface area contributed by atoms with Gasteiger partial charge in [0.25, 0.3) is 5.91 Å². The molecule has 6 nitrogen and oxygen atoms in total. The average Bonchev–Trinajstić information content (AvgIpc) is 2.92. The van der Waals surface area contributed by atoms with Gasteiger partial charge in [-0.15, -0.1) is 0 Å². The van der Waals surface area contributed by atoms with Gasteiger partial charge < -0.3 is 16.0 Å². The minimum atomic E-state index is -0.217. The van der Waals surface area contributed by atoms with Crippen LogP contribution in [0.5, 0.6) is 0 Å². The van der Waals surface area contributed by atoms with Gasteiger partial charge in [0.05, 0.1) is 11.9 Å². The molecule has 1 aromatic heterocycles. The highest BCUT2D eigenvalue weighted by molar-refractivity contribution is 5.96. The second-order valence-electron chi connectivity index (χ2n) is 5.49. The number of rotatable bonds is 5. The van der Waals surface area contributed by atoms with Crippen LogP contribution in [0.25, 0.3) is 0 Å². The number of carbonyl (C=O) groups excluding carboxylic acids is 1. The summed E-state index contributed by atoms with van der Waals surface area (Å²) in [4.78, 5) is 22.9. The lowest BCUT2D eigenvalue weighted by molar-refractivity contribution is 0.0945. The molecular weight excluding hydrogens is 254 g/mol. The van der Waals surface area contributed by atoms with Crippen LogP contribution < -0.4 is 11.1 Å². The number of nitrogens with one attached hydrogen (secondary N) is 1. The largest absolute Gasteiger partial charge is 0.396 e. The summed E-state index contributed by atoms with van der Waals surface area (Å²) < 4.78 is 0. The highest BCUT2D eigenvalue weighted by Gasteiger charge is 2.16. The number of nitrogen functional groups attached to an aromatic ring is 1. The second kappa shape index (κ2) is 6.65. The van der Waals surface area contributed by atoms with Crippen LogP contribution in [0.3, 0.4) is 0 Å². The first-order chi connectivity index (χ1) is 9.58. The van der Waals surface area contributed by atoms with Crippen molar-refractivity contribution in [3.05, 3.63) is 17.7 Å². The zero-order valence-corrected chi connectivity index (χ0v) is 12.2. The fraction of sp³-hybridized carbons (Fsp3) is 0.643. The fourth-order valence-electron chi connectivity index (χ4n) is 2.28. The number of amides is 1. The van der Waals surface area contributed by atoms with E-state index in [1.54, 1.807) is 0 Å². The molecule has 0 spiro atoms. The maximum Gasteiger partial charge on any atom is 0.272 e. The third kappa shape index (κ3) is 3.66. The molecule has 0 aliphatic carbocycles. The number of carbonyl (C=O) groups is 1. The minimum Gasteiger partial charge on any atom is -0.396 e. The van der Waals surface area contributed by atoms with Crippen molar-refractivity contribution in [1.29, 1.82) is 0 Å². The Morgan fingerprint density at radius 1 is 1.45 bits per heavy atom. The maximum absolute atomic E-state index is 12.1. The highest BCUT2D eigenvalue weighted by Crippen LogP contribution is 2.13. The second-order valence-corrected chi connectivity index (χ2v) is 5.49. The summed E-state index contributed by atoms with van der Waals surface area (Å²) >= 11 is 0. The summed E-state index contributed by atoms with van der Waals surface area (Å²) in [6.07, 6.45) is 4.02. The SMILES string of the molecule is CC(C)c1ncc(N)c(C(=O)NCCN2CCCC2)n1. The first-order valence-electron chi connectivity index (χ1n) is 7.21. The van der Waals surface area contributed by atoms with Crippen LogP contribution in [0.2, 0.25) is 0 Å². The van der Waals surface area contributed by atoms with E-state index in [0.29, 0.717) is 18.1 Å². The molecule has 20 heavy (non-hydrogen) atoms. The van der Waals surface area contributed by atoms with Crippen LogP contribution in [0.15, 0.2) is 6.20 Å². The van der Waals surface area contributed by atoms with Gasteiger partial charge in [0, 0.05) is 19.0 Å². The normalized spacial score (nSPS) is 15.8. The van der Waals surface area contributed by atoms with Crippen molar-refractivity contribution < 1.29 is 4.79 Å². The average molecular weight is 277 g/mol. The van der Waals surface area contributed by atoms with Crippen molar-refractivity contribution in [1.82, 2.24) is 20.2 Å². The van der Waals surface area contributed by atoms with E-state index < -0.39 is 0 Å². The van der Waals surface area contributed by atoms with E-state index in [2.05, 4.69) is 20.2 Å². The standard InChI is InChI=1S/C14H23N5O/c1-10(2)13-17-9-11(15)12(18-13)14(20)16-5-8-19-6-3-4-7-19/h9-10H,3-8,15H2,1-2H3,(H,16,20). The summed E-state index contributed by atoms with van der Waals surface area (Å²) in [6, 6.07) is 0. The van der Waals surface area contributed by atoms with Crippen LogP contribution in [0.4, 0.5) is 5.69 Å². The molecule has 0 radical (unpaired) electrons. The molecule has 2 rings (SSSR count). The Bertz CT molecular complexity index is 469. The number of aromatic nitrogens is 2. The first-order valence-corrected chi connectivity index (χ1v) is 7.21. The predicted octanol–water partition coefficient (Wildman–Crippen LogP) is 1.01. The molecule has 1 aliphatic heterocycles. The molecular formula is C14H23N5O. The van der Waals surface area contributed by atoms with Gasteiger partial charge in [-0.2, -0.15) is 0 Å². The smallest absolute Gasteiger partial charge is 0.272 e. The van der Waals surface area contributed by atoms with E-state index in [4.69, 9.17) is 5.73 Å². The molecule has 0 atom stereocenters. The molecule has 0 aromatic carbocycles. The zero-order valence-electron chi connectivity index (χ0n) is 12.2. The van der Waals surface area contributed by atoms with Crippen molar-refractivity contribution in [2.24, 2.45) is 0 Å². The summed E-state index contributed by atoms with van der Waals surface area (Å²) in [5, 5.41) is 2.88. The van der Waals surface area contributed by atoms with Gasteiger partial charge in [0.15, 0.2) is 5.69 Å². The van der Waals surface area contributed by atoms with Crippen LogP contribution >= 0.6 is 0 Å². The summed E-state index contributed by atoms with van der Waals surface area (Å²) in [6.45, 7) is 7.74. The molecule has 0 bridgehead atoms. The Balaban J connectivity index is 1.92. The Morgan fingerprint density at radius 2 is 2.15 bits per heavy atom. The van der Waals surface area contributed by atoms with Crippen LogP contribution in [0, 0.1) is 0 Å². The maximum atomic E-state index is 12.1. The van der Waals surface area contributed by atoms with Gasteiger partial charge in [-0.3, -0.25) is 4.79 Å². The molecule has 1 fully saturated rings. The number of hydrogen-bond acceptors (Lipinski definition) is 5. The van der Waals surface area contributed by atoms with Crippen molar-refractivity contribution in [2.45, 2.75) is 32.6 Å². The molecule has 1 aromatic rings. The first kappa shape index (κ1) is 14.7. The van der Waals surface area contributed by atoms with Gasteiger partial charge in [-0.1, -0.05) is 13.8 Å². The van der Waals surface area contributed by atoms with Crippen molar-refractivity contribution in [3.63, 3.8) is 0 Å². The number of nitrogens with two attached hydrogens (primary N) is 1. The van der Waals surface area contributed by atoms with E-state index in [-0.39, 0.29) is 17.5 Å². The van der Waals surface area contributed by atoms with Gasteiger partial charge in [0.1, 0.15) is 5.82 Å². The van der Waals surface area contributed by atoms with Gasteiger partial charge in [-0.05, 0) is 25.9 Å². The van der Waals surface area contributed by atoms with Crippen molar-refractivity contribution in [2.75, 3.05) is 31.9 Å². The third-order valence-electron chi connectivity index (χ3n) is 3.48. The lowest BCUT2D eigenvalue weighted by Gasteiger charge is -2.15. The Hall–Kier alpha value is -1.69. The van der Waals surface area contributed by atoms with E-state index in [1.807, 2.05) is 13.8 Å². The lowest BCUT2D eigenvalue weighted by atomic mass is 10.2. The molecule has 110 valence electrons. The van der Waals surface area contributed by atoms with Crippen molar-refractivity contribution >= 4 is 11.6 Å². The highest BCUT2D eigenvalue weighted by atomic mass is 16.1. The lowest BCUT2D eigenvalue weighted by Crippen LogP contribution is -2.34. The van der Waals surface area contributed by atoms with E-state index in [0.717, 1.165) is 19.6 Å². The summed E-state index contributed by atoms with van der Waals surface area (Å²) in [5.74, 6) is 0.599. The predicted molar refractivity (Wildman–Crippen MR) is 78.5 cm³/mol. The van der Waals surface area contributed by atoms with Crippen LogP contribution in [0.1, 0.15) is 48.9 Å². The third-order valence-corrected chi connectivity index (χ3v) is 3.48. The summed E-state index contributed by atoms with van der Waals surface area (Å²) in [7, 11) is 0. The van der Waals surface area contributed by atoms with E-state index in [9.17, 15) is 4.79 Å². The minimum absolute atomic E-state index is 0.173. The molecule has 0 saturated carbocycles. The Labute approximate surface area is 119 Å². The number of nitrogens with zero attached hydrogens (tertiary/aromatic N) is 3. The molecule has 0 unspecified atom stereocenters. The number of anilines is 1. The molecule has 2 heterocycles. The quantitative estimate of drug-likeness (QED) is 0.839. The zero-order chi connectivity index (χ0) is 14.5. The fourth-order valence-corrected chi connectivity index (χ4v) is 2.28. The van der Waals surface area contributed by atoms with Crippen LogP contribution in [-0.2, 0) is 0 Å². The van der Waals surface area contributed by atoms with Crippen molar-refractivity contribution in [3.8, 4) is 0 Å². The molecule has 3 N–H and O–H groups in total.